The van der Waals surface area contributed by atoms with Crippen LogP contribution in [0.4, 0.5) is 6.01 Å². The zero-order valence-corrected chi connectivity index (χ0v) is 13.5. The third-order valence-electron chi connectivity index (χ3n) is 4.02. The lowest BCUT2D eigenvalue weighted by Crippen LogP contribution is -2.24. The molecule has 1 atom stereocenters. The molecule has 2 aromatic heterocycles. The van der Waals surface area contributed by atoms with Crippen molar-refractivity contribution >= 4 is 28.7 Å². The number of ether oxygens (including phenoxy) is 1. The molecule has 1 saturated heterocycles. The van der Waals surface area contributed by atoms with Gasteiger partial charge in [-0.1, -0.05) is 11.6 Å². The predicted octanol–water partition coefficient (Wildman–Crippen LogP) is 3.84. The highest BCUT2D eigenvalue weighted by atomic mass is 35.5. The van der Waals surface area contributed by atoms with Crippen molar-refractivity contribution in [3.63, 3.8) is 0 Å². The monoisotopic (exact) mass is 329 g/mol. The molecule has 3 heterocycles. The van der Waals surface area contributed by atoms with Gasteiger partial charge in [-0.05, 0) is 25.1 Å². The summed E-state index contributed by atoms with van der Waals surface area (Å²) in [4.78, 5) is 10.7. The molecule has 1 aliphatic heterocycles. The van der Waals surface area contributed by atoms with E-state index < -0.39 is 0 Å². The zero-order chi connectivity index (χ0) is 15.8. The summed E-state index contributed by atoms with van der Waals surface area (Å²) in [6, 6.07) is 8.00. The van der Waals surface area contributed by atoms with Gasteiger partial charge in [0.25, 0.3) is 6.01 Å². The number of halogens is 1. The van der Waals surface area contributed by atoms with Crippen LogP contribution in [-0.2, 0) is 0 Å². The van der Waals surface area contributed by atoms with Crippen molar-refractivity contribution in [3.8, 4) is 5.75 Å². The summed E-state index contributed by atoms with van der Waals surface area (Å²) in [6.07, 6.45) is 4.61. The summed E-state index contributed by atoms with van der Waals surface area (Å²) in [5.41, 5.74) is 2.57. The Hall–Kier alpha value is -2.27. The predicted molar refractivity (Wildman–Crippen MR) is 89.2 cm³/mol. The average molecular weight is 330 g/mol. The number of rotatable bonds is 3. The molecule has 1 unspecified atom stereocenters. The lowest BCUT2D eigenvalue weighted by Gasteiger charge is -2.16. The fourth-order valence-electron chi connectivity index (χ4n) is 2.79. The quantitative estimate of drug-likeness (QED) is 0.730. The molecule has 0 aliphatic carbocycles. The van der Waals surface area contributed by atoms with Crippen LogP contribution >= 0.6 is 11.6 Å². The topological polar surface area (TPSA) is 51.4 Å². The number of fused-ring (bicyclic) bond motifs is 1. The van der Waals surface area contributed by atoms with Crippen molar-refractivity contribution in [2.75, 3.05) is 18.0 Å². The van der Waals surface area contributed by atoms with Gasteiger partial charge in [-0.25, -0.2) is 0 Å². The van der Waals surface area contributed by atoms with Gasteiger partial charge in [0.2, 0.25) is 0 Å². The van der Waals surface area contributed by atoms with Gasteiger partial charge in [-0.3, -0.25) is 4.98 Å². The third-order valence-corrected chi connectivity index (χ3v) is 4.25. The fraction of sp³-hybridized carbons (Fsp3) is 0.294. The van der Waals surface area contributed by atoms with Gasteiger partial charge in [-0.15, -0.1) is 0 Å². The Morgan fingerprint density at radius 2 is 2.26 bits per heavy atom. The van der Waals surface area contributed by atoms with Crippen LogP contribution in [0.3, 0.4) is 0 Å². The third kappa shape index (κ3) is 2.84. The minimum Gasteiger partial charge on any atom is -0.488 e. The maximum atomic E-state index is 6.08. The lowest BCUT2D eigenvalue weighted by molar-refractivity contribution is 0.223. The summed E-state index contributed by atoms with van der Waals surface area (Å²) in [6.45, 7) is 3.61. The van der Waals surface area contributed by atoms with Crippen LogP contribution in [0.25, 0.3) is 11.1 Å². The molecular formula is C17H16ClN3O2. The molecule has 4 rings (SSSR count). The number of nitrogens with zero attached hydrogens (tertiary/aromatic N) is 3. The van der Waals surface area contributed by atoms with Gasteiger partial charge < -0.3 is 14.1 Å². The average Bonchev–Trinajstić information content (AvgIpc) is 3.15. The lowest BCUT2D eigenvalue weighted by atomic mass is 10.2. The SMILES string of the molecule is Cc1cnccc1OC1CCN(c2nc3ccc(Cl)cc3o2)C1. The zero-order valence-electron chi connectivity index (χ0n) is 12.7. The van der Waals surface area contributed by atoms with E-state index in [1.165, 1.54) is 0 Å². The number of oxazole rings is 1. The van der Waals surface area contributed by atoms with E-state index in [9.17, 15) is 0 Å². The molecule has 0 spiro atoms. The van der Waals surface area contributed by atoms with Crippen LogP contribution in [0.5, 0.6) is 5.75 Å². The normalized spacial score (nSPS) is 17.8. The summed E-state index contributed by atoms with van der Waals surface area (Å²) >= 11 is 5.99. The number of pyridine rings is 1. The van der Waals surface area contributed by atoms with Crippen LogP contribution < -0.4 is 9.64 Å². The highest BCUT2D eigenvalue weighted by Gasteiger charge is 2.27. The number of benzene rings is 1. The number of hydrogen-bond acceptors (Lipinski definition) is 5. The molecule has 0 saturated carbocycles. The van der Waals surface area contributed by atoms with Gasteiger partial charge in [0.05, 0.1) is 6.54 Å². The molecular weight excluding hydrogens is 314 g/mol. The molecule has 1 aromatic carbocycles. The minimum absolute atomic E-state index is 0.120. The molecule has 1 fully saturated rings. The van der Waals surface area contributed by atoms with Crippen molar-refractivity contribution in [1.29, 1.82) is 0 Å². The van der Waals surface area contributed by atoms with Crippen molar-refractivity contribution < 1.29 is 9.15 Å². The molecule has 0 bridgehead atoms. The Labute approximate surface area is 138 Å². The molecule has 5 nitrogen and oxygen atoms in total. The van der Waals surface area contributed by atoms with Crippen LogP contribution in [0.15, 0.2) is 41.1 Å². The van der Waals surface area contributed by atoms with Gasteiger partial charge in [0.15, 0.2) is 5.58 Å². The van der Waals surface area contributed by atoms with Gasteiger partial charge >= 0.3 is 0 Å². The number of hydrogen-bond donors (Lipinski definition) is 0. The first-order valence-corrected chi connectivity index (χ1v) is 7.95. The van der Waals surface area contributed by atoms with E-state index in [1.807, 2.05) is 31.3 Å². The summed E-state index contributed by atoms with van der Waals surface area (Å²) < 4.78 is 11.9. The Kier molecular flexibility index (Phi) is 3.58. The van der Waals surface area contributed by atoms with E-state index in [4.69, 9.17) is 20.8 Å². The molecule has 23 heavy (non-hydrogen) atoms. The molecule has 1 aliphatic rings. The molecule has 0 N–H and O–H groups in total. The summed E-state index contributed by atoms with van der Waals surface area (Å²) in [7, 11) is 0. The Morgan fingerprint density at radius 1 is 1.35 bits per heavy atom. The van der Waals surface area contributed by atoms with E-state index in [1.54, 1.807) is 12.3 Å². The van der Waals surface area contributed by atoms with Crippen LogP contribution in [0.2, 0.25) is 5.02 Å². The number of aryl methyl sites for hydroxylation is 1. The van der Waals surface area contributed by atoms with Crippen LogP contribution in [0, 0.1) is 6.92 Å². The molecule has 3 aromatic rings. The largest absolute Gasteiger partial charge is 0.488 e. The summed E-state index contributed by atoms with van der Waals surface area (Å²) in [5, 5.41) is 0.649. The Morgan fingerprint density at radius 3 is 3.13 bits per heavy atom. The molecule has 118 valence electrons. The fourth-order valence-corrected chi connectivity index (χ4v) is 2.95. The van der Waals surface area contributed by atoms with Gasteiger partial charge in [0, 0.05) is 42.0 Å². The van der Waals surface area contributed by atoms with Crippen LogP contribution in [0.1, 0.15) is 12.0 Å². The number of aromatic nitrogens is 2. The smallest absolute Gasteiger partial charge is 0.298 e. The molecule has 6 heteroatoms. The Bertz CT molecular complexity index is 849. The van der Waals surface area contributed by atoms with E-state index in [0.717, 1.165) is 36.3 Å². The standard InChI is InChI=1S/C17H16ClN3O2/c1-11-9-19-6-4-15(11)22-13-5-7-21(10-13)17-20-14-3-2-12(18)8-16(14)23-17/h2-4,6,8-9,13H,5,7,10H2,1H3. The van der Waals surface area contributed by atoms with E-state index in [0.29, 0.717) is 16.6 Å². The molecule has 0 amide bonds. The highest BCUT2D eigenvalue weighted by molar-refractivity contribution is 6.31. The first kappa shape index (κ1) is 14.3. The van der Waals surface area contributed by atoms with Gasteiger partial charge in [0.1, 0.15) is 17.4 Å². The van der Waals surface area contributed by atoms with E-state index in [-0.39, 0.29) is 6.10 Å². The van der Waals surface area contributed by atoms with Gasteiger partial charge in [-0.2, -0.15) is 4.98 Å². The summed E-state index contributed by atoms with van der Waals surface area (Å²) in [5.74, 6) is 0.885. The first-order valence-electron chi connectivity index (χ1n) is 7.57. The minimum atomic E-state index is 0.120. The van der Waals surface area contributed by atoms with Crippen molar-refractivity contribution in [2.24, 2.45) is 0 Å². The maximum absolute atomic E-state index is 6.08. The van der Waals surface area contributed by atoms with Crippen molar-refractivity contribution in [1.82, 2.24) is 9.97 Å². The van der Waals surface area contributed by atoms with E-state index in [2.05, 4.69) is 14.9 Å². The molecule has 0 radical (unpaired) electrons. The van der Waals surface area contributed by atoms with Crippen LogP contribution in [-0.4, -0.2) is 29.2 Å². The second-order valence-electron chi connectivity index (χ2n) is 5.72. The Balaban J connectivity index is 1.50. The van der Waals surface area contributed by atoms with Crippen molar-refractivity contribution in [2.45, 2.75) is 19.4 Å². The van der Waals surface area contributed by atoms with Crippen molar-refractivity contribution in [3.05, 3.63) is 47.2 Å². The highest BCUT2D eigenvalue weighted by Crippen LogP contribution is 2.28. The first-order chi connectivity index (χ1) is 11.2. The maximum Gasteiger partial charge on any atom is 0.298 e. The number of anilines is 1. The second kappa shape index (κ2) is 5.74. The second-order valence-corrected chi connectivity index (χ2v) is 6.16. The van der Waals surface area contributed by atoms with E-state index >= 15 is 0 Å².